The molecule has 120 valence electrons. The normalized spacial score (nSPS) is 17.0. The van der Waals surface area contributed by atoms with Crippen molar-refractivity contribution in [3.8, 4) is 5.75 Å². The van der Waals surface area contributed by atoms with Gasteiger partial charge in [0, 0.05) is 29.6 Å². The highest BCUT2D eigenvalue weighted by Gasteiger charge is 2.16. The molecular formula is C18H20N2O3. The molecule has 5 nitrogen and oxygen atoms in total. The lowest BCUT2D eigenvalue weighted by atomic mass is 10.2. The van der Waals surface area contributed by atoms with Crippen molar-refractivity contribution in [1.29, 1.82) is 0 Å². The average Bonchev–Trinajstić information content (AvgIpc) is 3.07. The number of hydrogen-bond donors (Lipinski definition) is 2. The van der Waals surface area contributed by atoms with Crippen molar-refractivity contribution in [3.05, 3.63) is 54.1 Å². The highest BCUT2D eigenvalue weighted by atomic mass is 16.5. The van der Waals surface area contributed by atoms with E-state index in [1.54, 1.807) is 30.3 Å². The van der Waals surface area contributed by atoms with Gasteiger partial charge in [-0.3, -0.25) is 4.79 Å². The molecule has 1 heterocycles. The summed E-state index contributed by atoms with van der Waals surface area (Å²) in [4.78, 5) is 12.2. The Kier molecular flexibility index (Phi) is 4.78. The molecule has 1 fully saturated rings. The number of hydrogen-bond acceptors (Lipinski definition) is 4. The highest BCUT2D eigenvalue weighted by Crippen LogP contribution is 2.20. The van der Waals surface area contributed by atoms with Gasteiger partial charge in [-0.1, -0.05) is 12.1 Å². The van der Waals surface area contributed by atoms with E-state index < -0.39 is 0 Å². The van der Waals surface area contributed by atoms with Crippen LogP contribution in [-0.2, 0) is 4.74 Å². The molecule has 2 aromatic carbocycles. The largest absolute Gasteiger partial charge is 0.491 e. The monoisotopic (exact) mass is 312 g/mol. The zero-order valence-electron chi connectivity index (χ0n) is 12.8. The van der Waals surface area contributed by atoms with Crippen LogP contribution in [0.2, 0.25) is 0 Å². The molecule has 3 rings (SSSR count). The van der Waals surface area contributed by atoms with Gasteiger partial charge in [0.2, 0.25) is 0 Å². The van der Waals surface area contributed by atoms with Crippen LogP contribution >= 0.6 is 0 Å². The summed E-state index contributed by atoms with van der Waals surface area (Å²) in [6, 6.07) is 14.2. The van der Waals surface area contributed by atoms with E-state index in [4.69, 9.17) is 15.2 Å². The van der Waals surface area contributed by atoms with Gasteiger partial charge in [0.05, 0.1) is 6.10 Å². The average molecular weight is 312 g/mol. The molecule has 1 unspecified atom stereocenters. The van der Waals surface area contributed by atoms with Crippen molar-refractivity contribution >= 4 is 17.3 Å². The number of amides is 1. The van der Waals surface area contributed by atoms with Crippen LogP contribution < -0.4 is 15.8 Å². The highest BCUT2D eigenvalue weighted by molar-refractivity contribution is 6.04. The molecular weight excluding hydrogens is 292 g/mol. The molecule has 1 aliphatic rings. The van der Waals surface area contributed by atoms with Crippen LogP contribution in [0, 0.1) is 0 Å². The van der Waals surface area contributed by atoms with Crippen LogP contribution in [-0.4, -0.2) is 25.2 Å². The number of benzene rings is 2. The number of anilines is 2. The maximum atomic E-state index is 12.2. The summed E-state index contributed by atoms with van der Waals surface area (Å²) in [6.07, 6.45) is 2.29. The third-order valence-corrected chi connectivity index (χ3v) is 3.70. The molecule has 0 aromatic heterocycles. The van der Waals surface area contributed by atoms with Gasteiger partial charge >= 0.3 is 0 Å². The second kappa shape index (κ2) is 7.15. The van der Waals surface area contributed by atoms with Crippen LogP contribution in [0.3, 0.4) is 0 Å². The minimum absolute atomic E-state index is 0.167. The molecule has 0 aliphatic carbocycles. The Balaban J connectivity index is 1.61. The molecule has 23 heavy (non-hydrogen) atoms. The maximum Gasteiger partial charge on any atom is 0.255 e. The van der Waals surface area contributed by atoms with Gasteiger partial charge in [-0.25, -0.2) is 0 Å². The van der Waals surface area contributed by atoms with E-state index in [0.717, 1.165) is 19.4 Å². The number of nitrogen functional groups attached to an aromatic ring is 1. The van der Waals surface area contributed by atoms with Crippen LogP contribution in [0.25, 0.3) is 0 Å². The summed E-state index contributed by atoms with van der Waals surface area (Å²) >= 11 is 0. The molecule has 1 saturated heterocycles. The van der Waals surface area contributed by atoms with E-state index in [9.17, 15) is 4.79 Å². The number of nitrogens with two attached hydrogens (primary N) is 1. The molecule has 1 atom stereocenters. The zero-order valence-corrected chi connectivity index (χ0v) is 12.8. The topological polar surface area (TPSA) is 73.6 Å². The van der Waals surface area contributed by atoms with Crippen molar-refractivity contribution in [2.24, 2.45) is 0 Å². The van der Waals surface area contributed by atoms with E-state index >= 15 is 0 Å². The molecule has 2 aromatic rings. The van der Waals surface area contributed by atoms with Crippen LogP contribution in [0.15, 0.2) is 48.5 Å². The number of rotatable bonds is 5. The molecule has 5 heteroatoms. The second-order valence-corrected chi connectivity index (χ2v) is 5.55. The summed E-state index contributed by atoms with van der Waals surface area (Å²) in [5.41, 5.74) is 7.47. The number of nitrogens with one attached hydrogen (secondary N) is 1. The van der Waals surface area contributed by atoms with Gasteiger partial charge in [-0.2, -0.15) is 0 Å². The van der Waals surface area contributed by atoms with Crippen LogP contribution in [0.4, 0.5) is 11.4 Å². The minimum atomic E-state index is -0.200. The lowest BCUT2D eigenvalue weighted by Gasteiger charge is -2.12. The quantitative estimate of drug-likeness (QED) is 0.832. The molecule has 1 aliphatic heterocycles. The fourth-order valence-electron chi connectivity index (χ4n) is 2.51. The van der Waals surface area contributed by atoms with Crippen LogP contribution in [0.5, 0.6) is 5.75 Å². The molecule has 0 bridgehead atoms. The predicted octanol–water partition coefficient (Wildman–Crippen LogP) is 3.08. The Bertz CT molecular complexity index is 681. The number of ether oxygens (including phenoxy) is 2. The fourth-order valence-corrected chi connectivity index (χ4v) is 2.51. The summed E-state index contributed by atoms with van der Waals surface area (Å²) in [6.45, 7) is 1.34. The first-order chi connectivity index (χ1) is 11.2. The van der Waals surface area contributed by atoms with Gasteiger partial charge in [-0.05, 0) is 43.2 Å². The summed E-state index contributed by atoms with van der Waals surface area (Å²) in [5, 5.41) is 2.85. The molecule has 0 radical (unpaired) electrons. The van der Waals surface area contributed by atoms with Gasteiger partial charge in [0.1, 0.15) is 12.4 Å². The van der Waals surface area contributed by atoms with E-state index in [1.807, 2.05) is 18.2 Å². The number of carbonyl (C=O) groups is 1. The van der Waals surface area contributed by atoms with Gasteiger partial charge in [0.15, 0.2) is 0 Å². The Labute approximate surface area is 135 Å². The predicted molar refractivity (Wildman–Crippen MR) is 89.7 cm³/mol. The number of carbonyl (C=O) groups excluding carboxylic acids is 1. The first-order valence-electron chi connectivity index (χ1n) is 7.72. The molecule has 3 N–H and O–H groups in total. The Hall–Kier alpha value is -2.53. The third kappa shape index (κ3) is 4.23. The van der Waals surface area contributed by atoms with Crippen LogP contribution in [0.1, 0.15) is 23.2 Å². The van der Waals surface area contributed by atoms with Crippen molar-refractivity contribution in [3.63, 3.8) is 0 Å². The second-order valence-electron chi connectivity index (χ2n) is 5.55. The third-order valence-electron chi connectivity index (χ3n) is 3.70. The smallest absolute Gasteiger partial charge is 0.255 e. The van der Waals surface area contributed by atoms with E-state index in [-0.39, 0.29) is 12.0 Å². The first-order valence-corrected chi connectivity index (χ1v) is 7.72. The summed E-state index contributed by atoms with van der Waals surface area (Å²) in [7, 11) is 0. The van der Waals surface area contributed by atoms with Gasteiger partial charge in [-0.15, -0.1) is 0 Å². The molecule has 0 spiro atoms. The first kappa shape index (κ1) is 15.4. The van der Waals surface area contributed by atoms with E-state index in [1.165, 1.54) is 0 Å². The molecule has 1 amide bonds. The summed E-state index contributed by atoms with van der Waals surface area (Å²) < 4.78 is 11.3. The molecule has 0 saturated carbocycles. The van der Waals surface area contributed by atoms with Crippen molar-refractivity contribution < 1.29 is 14.3 Å². The summed E-state index contributed by atoms with van der Waals surface area (Å²) in [5.74, 6) is 0.513. The SMILES string of the molecule is Nc1cccc(C(=O)Nc2cccc(OCC3CCCO3)c2)c1. The van der Waals surface area contributed by atoms with Gasteiger partial charge in [0.25, 0.3) is 5.91 Å². The lowest BCUT2D eigenvalue weighted by molar-refractivity contribution is 0.0680. The minimum Gasteiger partial charge on any atom is -0.491 e. The van der Waals surface area contributed by atoms with E-state index in [2.05, 4.69) is 5.32 Å². The standard InChI is InChI=1S/C18H20N2O3/c19-14-5-1-4-13(10-14)18(21)20-15-6-2-7-16(11-15)23-12-17-8-3-9-22-17/h1-2,4-7,10-11,17H,3,8-9,12,19H2,(H,20,21). The van der Waals surface area contributed by atoms with Crippen molar-refractivity contribution in [1.82, 2.24) is 0 Å². The Morgan fingerprint density at radius 3 is 2.91 bits per heavy atom. The van der Waals surface area contributed by atoms with Gasteiger partial charge < -0.3 is 20.5 Å². The Morgan fingerprint density at radius 2 is 2.13 bits per heavy atom. The van der Waals surface area contributed by atoms with Crippen molar-refractivity contribution in [2.75, 3.05) is 24.3 Å². The van der Waals surface area contributed by atoms with E-state index in [0.29, 0.717) is 29.3 Å². The van der Waals surface area contributed by atoms with Crippen molar-refractivity contribution in [2.45, 2.75) is 18.9 Å². The maximum absolute atomic E-state index is 12.2. The fraction of sp³-hybridized carbons (Fsp3) is 0.278. The zero-order chi connectivity index (χ0) is 16.1. The Morgan fingerprint density at radius 1 is 1.26 bits per heavy atom. The lowest BCUT2D eigenvalue weighted by Crippen LogP contribution is -2.16.